The Morgan fingerprint density at radius 1 is 1.37 bits per heavy atom. The minimum atomic E-state index is -0.124. The number of carbonyl (C=O) groups is 1. The molecule has 0 atom stereocenters. The number of carbonyl (C=O) groups excluding carboxylic acids is 1. The van der Waals surface area contributed by atoms with Gasteiger partial charge in [-0.05, 0) is 48.3 Å². The van der Waals surface area contributed by atoms with Gasteiger partial charge in [-0.1, -0.05) is 12.1 Å². The third kappa shape index (κ3) is 6.07. The van der Waals surface area contributed by atoms with Crippen LogP contribution in [-0.2, 0) is 4.74 Å². The molecule has 4 nitrogen and oxygen atoms in total. The van der Waals surface area contributed by atoms with Crippen LogP contribution in [0.4, 0.5) is 0 Å². The molecule has 1 aromatic carbocycles. The summed E-state index contributed by atoms with van der Waals surface area (Å²) in [5, 5.41) is 2.86. The maximum atomic E-state index is 12.0. The lowest BCUT2D eigenvalue weighted by molar-refractivity contribution is 0.0757. The zero-order valence-corrected chi connectivity index (χ0v) is 12.9. The van der Waals surface area contributed by atoms with Crippen molar-refractivity contribution in [2.24, 2.45) is 0 Å². The van der Waals surface area contributed by atoms with Gasteiger partial charge in [0.2, 0.25) is 0 Å². The maximum absolute atomic E-state index is 12.0. The van der Waals surface area contributed by atoms with Gasteiger partial charge >= 0.3 is 0 Å². The smallest absolute Gasteiger partial charge is 0.255 e. The standard InChI is InChI=1S/C14H20BrNO3/c1-11(2)18-9-5-8-16-14(17)12-6-3-4-7-13(12)19-10-15/h3-4,6-7,11H,5,8-10H2,1-2H3,(H,16,17). The van der Waals surface area contributed by atoms with E-state index in [-0.39, 0.29) is 12.0 Å². The average Bonchev–Trinajstić information content (AvgIpc) is 2.39. The van der Waals surface area contributed by atoms with Crippen molar-refractivity contribution in [1.29, 1.82) is 0 Å². The molecule has 0 aliphatic rings. The first-order chi connectivity index (χ1) is 9.15. The van der Waals surface area contributed by atoms with Gasteiger partial charge in [-0.2, -0.15) is 0 Å². The molecule has 106 valence electrons. The largest absolute Gasteiger partial charge is 0.482 e. The summed E-state index contributed by atoms with van der Waals surface area (Å²) < 4.78 is 10.8. The van der Waals surface area contributed by atoms with Gasteiger partial charge in [0.25, 0.3) is 5.91 Å². The number of rotatable bonds is 8. The highest BCUT2D eigenvalue weighted by Gasteiger charge is 2.10. The van der Waals surface area contributed by atoms with Gasteiger partial charge in [0, 0.05) is 13.2 Å². The van der Waals surface area contributed by atoms with Crippen molar-refractivity contribution in [3.8, 4) is 5.75 Å². The number of nitrogens with one attached hydrogen (secondary N) is 1. The normalized spacial score (nSPS) is 10.5. The molecular formula is C14H20BrNO3. The molecule has 0 aliphatic carbocycles. The summed E-state index contributed by atoms with van der Waals surface area (Å²) in [7, 11) is 0. The van der Waals surface area contributed by atoms with Crippen LogP contribution in [0, 0.1) is 0 Å². The summed E-state index contributed by atoms with van der Waals surface area (Å²) in [5.74, 6) is 0.455. The zero-order valence-electron chi connectivity index (χ0n) is 11.3. The van der Waals surface area contributed by atoms with Crippen molar-refractivity contribution >= 4 is 21.8 Å². The third-order valence-corrected chi connectivity index (χ3v) is 2.63. The summed E-state index contributed by atoms with van der Waals surface area (Å²) in [6, 6.07) is 7.18. The Bertz CT molecular complexity index is 396. The average molecular weight is 330 g/mol. The van der Waals surface area contributed by atoms with Gasteiger partial charge < -0.3 is 14.8 Å². The van der Waals surface area contributed by atoms with E-state index in [1.54, 1.807) is 12.1 Å². The van der Waals surface area contributed by atoms with Crippen molar-refractivity contribution in [1.82, 2.24) is 5.32 Å². The molecule has 0 bridgehead atoms. The molecule has 0 heterocycles. The van der Waals surface area contributed by atoms with Crippen LogP contribution in [0.3, 0.4) is 0 Å². The Morgan fingerprint density at radius 3 is 2.79 bits per heavy atom. The van der Waals surface area contributed by atoms with Crippen LogP contribution in [0.15, 0.2) is 24.3 Å². The van der Waals surface area contributed by atoms with Crippen molar-refractivity contribution in [3.05, 3.63) is 29.8 Å². The van der Waals surface area contributed by atoms with E-state index in [1.807, 2.05) is 26.0 Å². The minimum absolute atomic E-state index is 0.124. The van der Waals surface area contributed by atoms with Gasteiger partial charge in [0.1, 0.15) is 11.3 Å². The van der Waals surface area contributed by atoms with Gasteiger partial charge in [-0.15, -0.1) is 0 Å². The Labute approximate surface area is 122 Å². The minimum Gasteiger partial charge on any atom is -0.482 e. The van der Waals surface area contributed by atoms with Crippen molar-refractivity contribution < 1.29 is 14.3 Å². The van der Waals surface area contributed by atoms with E-state index >= 15 is 0 Å². The molecule has 0 saturated heterocycles. The molecule has 1 rings (SSSR count). The number of para-hydroxylation sites is 1. The van der Waals surface area contributed by atoms with E-state index in [4.69, 9.17) is 9.47 Å². The van der Waals surface area contributed by atoms with Gasteiger partial charge in [0.05, 0.1) is 11.7 Å². The fraction of sp³-hybridized carbons (Fsp3) is 0.500. The first kappa shape index (κ1) is 16.0. The first-order valence-electron chi connectivity index (χ1n) is 6.32. The van der Waals surface area contributed by atoms with Crippen LogP contribution in [0.2, 0.25) is 0 Å². The second-order valence-corrected chi connectivity index (χ2v) is 4.74. The highest BCUT2D eigenvalue weighted by atomic mass is 79.9. The number of hydrogen-bond donors (Lipinski definition) is 1. The molecule has 0 radical (unpaired) electrons. The van der Waals surface area contributed by atoms with E-state index in [2.05, 4.69) is 21.2 Å². The van der Waals surface area contributed by atoms with Gasteiger partial charge in [0.15, 0.2) is 0 Å². The first-order valence-corrected chi connectivity index (χ1v) is 7.45. The van der Waals surface area contributed by atoms with Crippen LogP contribution in [0.5, 0.6) is 5.75 Å². The molecule has 1 N–H and O–H groups in total. The van der Waals surface area contributed by atoms with Crippen molar-refractivity contribution in [3.63, 3.8) is 0 Å². The lowest BCUT2D eigenvalue weighted by Crippen LogP contribution is -2.26. The number of hydrogen-bond acceptors (Lipinski definition) is 3. The van der Waals surface area contributed by atoms with Crippen LogP contribution < -0.4 is 10.1 Å². The van der Waals surface area contributed by atoms with Crippen LogP contribution in [-0.4, -0.2) is 30.7 Å². The molecule has 0 fully saturated rings. The van der Waals surface area contributed by atoms with Crippen molar-refractivity contribution in [2.75, 3.05) is 18.7 Å². The van der Waals surface area contributed by atoms with E-state index < -0.39 is 0 Å². The van der Waals surface area contributed by atoms with Crippen LogP contribution in [0.1, 0.15) is 30.6 Å². The summed E-state index contributed by atoms with van der Waals surface area (Å²) in [6.45, 7) is 5.23. The Kier molecular flexibility index (Phi) is 7.52. The number of alkyl halides is 1. The Balaban J connectivity index is 2.41. The SMILES string of the molecule is CC(C)OCCCNC(=O)c1ccccc1OCBr. The number of halogens is 1. The molecule has 0 unspecified atom stereocenters. The van der Waals surface area contributed by atoms with Gasteiger partial charge in [-0.3, -0.25) is 4.79 Å². The summed E-state index contributed by atoms with van der Waals surface area (Å²) in [6.07, 6.45) is 1.02. The second-order valence-electron chi connectivity index (χ2n) is 4.28. The van der Waals surface area contributed by atoms with E-state index in [0.29, 0.717) is 30.0 Å². The number of benzene rings is 1. The Morgan fingerprint density at radius 2 is 2.11 bits per heavy atom. The summed E-state index contributed by atoms with van der Waals surface area (Å²) in [5.41, 5.74) is 0.909. The predicted molar refractivity (Wildman–Crippen MR) is 78.9 cm³/mol. The molecule has 0 spiro atoms. The molecule has 1 amide bonds. The monoisotopic (exact) mass is 329 g/mol. The van der Waals surface area contributed by atoms with E-state index in [0.717, 1.165) is 6.42 Å². The lowest BCUT2D eigenvalue weighted by Gasteiger charge is -2.10. The molecule has 5 heteroatoms. The number of amides is 1. The topological polar surface area (TPSA) is 47.6 Å². The summed E-state index contributed by atoms with van der Waals surface area (Å²) >= 11 is 3.19. The Hall–Kier alpha value is -1.07. The van der Waals surface area contributed by atoms with Crippen LogP contribution in [0.25, 0.3) is 0 Å². The predicted octanol–water partition coefficient (Wildman–Crippen LogP) is 2.96. The summed E-state index contributed by atoms with van der Waals surface area (Å²) in [4.78, 5) is 12.0. The fourth-order valence-corrected chi connectivity index (χ4v) is 1.77. The quantitative estimate of drug-likeness (QED) is 0.589. The molecular weight excluding hydrogens is 310 g/mol. The third-order valence-electron chi connectivity index (χ3n) is 2.40. The molecule has 19 heavy (non-hydrogen) atoms. The molecule has 0 saturated carbocycles. The second kappa shape index (κ2) is 8.93. The van der Waals surface area contributed by atoms with E-state index in [9.17, 15) is 4.79 Å². The highest BCUT2D eigenvalue weighted by molar-refractivity contribution is 9.09. The van der Waals surface area contributed by atoms with Gasteiger partial charge in [-0.25, -0.2) is 0 Å². The molecule has 0 aromatic heterocycles. The maximum Gasteiger partial charge on any atom is 0.255 e. The molecule has 1 aromatic rings. The van der Waals surface area contributed by atoms with Crippen LogP contribution >= 0.6 is 15.9 Å². The fourth-order valence-electron chi connectivity index (χ4n) is 1.53. The highest BCUT2D eigenvalue weighted by Crippen LogP contribution is 2.18. The van der Waals surface area contributed by atoms with Crippen molar-refractivity contribution in [2.45, 2.75) is 26.4 Å². The number of ether oxygens (including phenoxy) is 2. The molecule has 0 aliphatic heterocycles. The lowest BCUT2D eigenvalue weighted by atomic mass is 10.2. The zero-order chi connectivity index (χ0) is 14.1. The van der Waals surface area contributed by atoms with E-state index in [1.165, 1.54) is 0 Å².